The second kappa shape index (κ2) is 14.0. The summed E-state index contributed by atoms with van der Waals surface area (Å²) in [6, 6.07) is 59.6. The number of amidine groups is 1. The van der Waals surface area contributed by atoms with E-state index >= 15 is 0 Å². The Hall–Kier alpha value is -7.21. The number of nitrogens with zero attached hydrogens (tertiary/aromatic N) is 1. The molecule has 0 fully saturated rings. The third-order valence-electron chi connectivity index (χ3n) is 12.9. The number of ether oxygens (including phenoxy) is 1. The SMILES string of the molecule is C1=CC(C2NC(c3ccc4c(c3)C3(c5ccccc5Oc5ccccc53)c3cc(-c5cccc(C6NC=Cc7ccccc76)c5)ccc3-4)=NC(c3ccccc3)N2)=CCC1. The molecule has 0 amide bonds. The van der Waals surface area contributed by atoms with E-state index in [4.69, 9.17) is 9.73 Å². The number of allylic oxidation sites excluding steroid dienone is 2. The Kier molecular flexibility index (Phi) is 8.10. The minimum atomic E-state index is -0.644. The summed E-state index contributed by atoms with van der Waals surface area (Å²) in [6.07, 6.45) is 12.9. The minimum absolute atomic E-state index is 0.0712. The molecule has 3 aliphatic heterocycles. The summed E-state index contributed by atoms with van der Waals surface area (Å²) in [5.41, 5.74) is 16.1. The number of rotatable bonds is 5. The maximum atomic E-state index is 6.74. The van der Waals surface area contributed by atoms with Crippen molar-refractivity contribution in [3.05, 3.63) is 244 Å². The van der Waals surface area contributed by atoms with Crippen molar-refractivity contribution < 1.29 is 4.74 Å². The van der Waals surface area contributed by atoms with E-state index < -0.39 is 5.41 Å². The molecule has 1 spiro atoms. The highest BCUT2D eigenvalue weighted by Crippen LogP contribution is 2.62. The van der Waals surface area contributed by atoms with Crippen LogP contribution in [0.25, 0.3) is 28.3 Å². The van der Waals surface area contributed by atoms with Gasteiger partial charge in [-0.25, -0.2) is 4.99 Å². The quantitative estimate of drug-likeness (QED) is 0.163. The number of hydrogen-bond donors (Lipinski definition) is 3. The smallest absolute Gasteiger partial charge is 0.132 e. The number of nitrogens with one attached hydrogen (secondary N) is 3. The number of benzene rings is 7. The predicted molar refractivity (Wildman–Crippen MR) is 242 cm³/mol. The Morgan fingerprint density at radius 1 is 0.567 bits per heavy atom. The van der Waals surface area contributed by atoms with Gasteiger partial charge in [0.05, 0.1) is 11.5 Å². The lowest BCUT2D eigenvalue weighted by Crippen LogP contribution is -2.52. The van der Waals surface area contributed by atoms with Crippen molar-refractivity contribution >= 4 is 11.9 Å². The summed E-state index contributed by atoms with van der Waals surface area (Å²) >= 11 is 0. The van der Waals surface area contributed by atoms with Gasteiger partial charge in [-0.2, -0.15) is 0 Å². The largest absolute Gasteiger partial charge is 0.457 e. The predicted octanol–water partition coefficient (Wildman–Crippen LogP) is 11.7. The molecular formula is C55H42N4O. The van der Waals surface area contributed by atoms with E-state index in [1.807, 2.05) is 0 Å². The molecule has 5 heteroatoms. The molecule has 0 aromatic heterocycles. The van der Waals surface area contributed by atoms with Crippen molar-refractivity contribution in [2.75, 3.05) is 0 Å². The molecule has 3 atom stereocenters. The van der Waals surface area contributed by atoms with Crippen molar-refractivity contribution in [1.82, 2.24) is 16.0 Å². The monoisotopic (exact) mass is 774 g/mol. The zero-order valence-corrected chi connectivity index (χ0v) is 33.0. The van der Waals surface area contributed by atoms with Gasteiger partial charge in [0, 0.05) is 16.7 Å². The molecule has 0 saturated carbocycles. The molecule has 7 aromatic rings. The van der Waals surface area contributed by atoms with Crippen LogP contribution in [-0.2, 0) is 5.41 Å². The molecule has 3 N–H and O–H groups in total. The van der Waals surface area contributed by atoms with Gasteiger partial charge in [-0.05, 0) is 117 Å². The highest BCUT2D eigenvalue weighted by molar-refractivity contribution is 6.02. The standard InChI is InChI=1S/C55H42N4O/c1-3-15-36(16-4-1)52-57-53(37-17-5-2-6-18-37)59-54(58-52)41-27-29-44-43-28-26-39(38-19-13-20-40(32-38)51-42-21-8-7-14-35(42)30-31-56-51)33-47(43)55(48(44)34-41)45-22-9-11-24-49(45)60-50-25-12-10-23-46(50)55/h1,3-5,7-34,51-53,56-57H,2,6H2,(H,58,59). The first-order valence-corrected chi connectivity index (χ1v) is 21.0. The van der Waals surface area contributed by atoms with Crippen LogP contribution in [0.15, 0.2) is 199 Å². The molecule has 5 nitrogen and oxygen atoms in total. The lowest BCUT2D eigenvalue weighted by Gasteiger charge is -2.39. The molecule has 12 rings (SSSR count). The molecule has 0 radical (unpaired) electrons. The van der Waals surface area contributed by atoms with Crippen molar-refractivity contribution in [1.29, 1.82) is 0 Å². The first-order chi connectivity index (χ1) is 29.7. The topological polar surface area (TPSA) is 57.7 Å². The first-order valence-electron chi connectivity index (χ1n) is 21.0. The zero-order chi connectivity index (χ0) is 39.6. The number of para-hydroxylation sites is 2. The van der Waals surface area contributed by atoms with Gasteiger partial charge in [-0.3, -0.25) is 5.32 Å². The fourth-order valence-corrected chi connectivity index (χ4v) is 10.2. The van der Waals surface area contributed by atoms with Crippen LogP contribution in [-0.4, -0.2) is 12.0 Å². The average Bonchev–Trinajstić information content (AvgIpc) is 3.61. The van der Waals surface area contributed by atoms with Crippen LogP contribution in [0.4, 0.5) is 0 Å². The second-order valence-electron chi connectivity index (χ2n) is 16.3. The first kappa shape index (κ1) is 34.8. The van der Waals surface area contributed by atoms with Gasteiger partial charge in [-0.15, -0.1) is 0 Å². The molecule has 2 aliphatic carbocycles. The fraction of sp³-hybridized carbons (Fsp3) is 0.109. The van der Waals surface area contributed by atoms with E-state index in [1.165, 1.54) is 55.6 Å². The van der Waals surface area contributed by atoms with Gasteiger partial charge < -0.3 is 15.4 Å². The second-order valence-corrected chi connectivity index (χ2v) is 16.3. The molecule has 0 bridgehead atoms. The number of aliphatic imine (C=N–C) groups is 1. The average molecular weight is 775 g/mol. The minimum Gasteiger partial charge on any atom is -0.457 e. The summed E-state index contributed by atoms with van der Waals surface area (Å²) in [4.78, 5) is 5.39. The molecule has 288 valence electrons. The normalized spacial score (nSPS) is 19.9. The van der Waals surface area contributed by atoms with E-state index in [-0.39, 0.29) is 18.4 Å². The van der Waals surface area contributed by atoms with Gasteiger partial charge in [0.1, 0.15) is 29.7 Å². The highest BCUT2D eigenvalue weighted by atomic mass is 16.5. The Morgan fingerprint density at radius 2 is 1.25 bits per heavy atom. The molecule has 3 heterocycles. The number of fused-ring (bicyclic) bond motifs is 10. The Bertz CT molecular complexity index is 2930. The summed E-state index contributed by atoms with van der Waals surface area (Å²) in [5, 5.41) is 11.3. The maximum absolute atomic E-state index is 6.74. The summed E-state index contributed by atoms with van der Waals surface area (Å²) < 4.78 is 6.74. The van der Waals surface area contributed by atoms with Gasteiger partial charge in [0.2, 0.25) is 0 Å². The van der Waals surface area contributed by atoms with Crippen LogP contribution < -0.4 is 20.7 Å². The number of hydrogen-bond acceptors (Lipinski definition) is 5. The van der Waals surface area contributed by atoms with Gasteiger partial charge >= 0.3 is 0 Å². The summed E-state index contributed by atoms with van der Waals surface area (Å²) in [6.45, 7) is 0. The zero-order valence-electron chi connectivity index (χ0n) is 33.0. The molecular weight excluding hydrogens is 733 g/mol. The lowest BCUT2D eigenvalue weighted by atomic mass is 9.65. The molecule has 0 saturated heterocycles. The molecule has 7 aromatic carbocycles. The van der Waals surface area contributed by atoms with Gasteiger partial charge in [-0.1, -0.05) is 152 Å². The third kappa shape index (κ3) is 5.46. The van der Waals surface area contributed by atoms with Gasteiger partial charge in [0.15, 0.2) is 0 Å². The summed E-state index contributed by atoms with van der Waals surface area (Å²) in [5.74, 6) is 2.63. The van der Waals surface area contributed by atoms with Crippen LogP contribution in [0.3, 0.4) is 0 Å². The van der Waals surface area contributed by atoms with Crippen LogP contribution >= 0.6 is 0 Å². The lowest BCUT2D eigenvalue weighted by molar-refractivity contribution is 0.436. The highest BCUT2D eigenvalue weighted by Gasteiger charge is 2.51. The Labute approximate surface area is 350 Å². The third-order valence-corrected chi connectivity index (χ3v) is 12.9. The summed E-state index contributed by atoms with van der Waals surface area (Å²) in [7, 11) is 0. The van der Waals surface area contributed by atoms with E-state index in [0.29, 0.717) is 0 Å². The van der Waals surface area contributed by atoms with E-state index in [2.05, 4.69) is 210 Å². The van der Waals surface area contributed by atoms with E-state index in [9.17, 15) is 0 Å². The van der Waals surface area contributed by atoms with Crippen molar-refractivity contribution in [3.8, 4) is 33.8 Å². The van der Waals surface area contributed by atoms with E-state index in [1.54, 1.807) is 0 Å². The Morgan fingerprint density at radius 3 is 2.03 bits per heavy atom. The van der Waals surface area contributed by atoms with Gasteiger partial charge in [0.25, 0.3) is 0 Å². The Balaban J connectivity index is 1.04. The molecule has 3 unspecified atom stereocenters. The van der Waals surface area contributed by atoms with Crippen LogP contribution in [0.5, 0.6) is 11.5 Å². The molecule has 60 heavy (non-hydrogen) atoms. The van der Waals surface area contributed by atoms with Crippen LogP contribution in [0, 0.1) is 0 Å². The maximum Gasteiger partial charge on any atom is 0.132 e. The fourth-order valence-electron chi connectivity index (χ4n) is 10.2. The van der Waals surface area contributed by atoms with Crippen molar-refractivity contribution in [2.45, 2.75) is 36.6 Å². The van der Waals surface area contributed by atoms with Crippen LogP contribution in [0.1, 0.15) is 75.1 Å². The van der Waals surface area contributed by atoms with Crippen molar-refractivity contribution in [2.24, 2.45) is 4.99 Å². The van der Waals surface area contributed by atoms with Crippen LogP contribution in [0.2, 0.25) is 0 Å². The molecule has 5 aliphatic rings. The van der Waals surface area contributed by atoms with Crippen molar-refractivity contribution in [3.63, 3.8) is 0 Å². The van der Waals surface area contributed by atoms with E-state index in [0.717, 1.165) is 52.4 Å².